The van der Waals surface area contributed by atoms with E-state index >= 15 is 0 Å². The summed E-state index contributed by atoms with van der Waals surface area (Å²) in [5.74, 6) is 2.32. The van der Waals surface area contributed by atoms with Gasteiger partial charge in [-0.15, -0.1) is 6.42 Å². The molecule has 1 aliphatic carbocycles. The maximum absolute atomic E-state index is 12.4. The van der Waals surface area contributed by atoms with Gasteiger partial charge in [-0.2, -0.15) is 0 Å². The van der Waals surface area contributed by atoms with Crippen molar-refractivity contribution >= 4 is 17.5 Å². The Bertz CT molecular complexity index is 837. The predicted molar refractivity (Wildman–Crippen MR) is 96.1 cm³/mol. The molecule has 0 saturated heterocycles. The molecule has 1 aromatic heterocycles. The average Bonchev–Trinajstić information content (AvgIpc) is 3.45. The van der Waals surface area contributed by atoms with Gasteiger partial charge < -0.3 is 10.4 Å². The summed E-state index contributed by atoms with van der Waals surface area (Å²) in [5.41, 5.74) is 0.769. The minimum absolute atomic E-state index is 0.149. The van der Waals surface area contributed by atoms with E-state index in [-0.39, 0.29) is 18.2 Å². The summed E-state index contributed by atoms with van der Waals surface area (Å²) < 4.78 is 0. The van der Waals surface area contributed by atoms with Crippen molar-refractivity contribution in [3.63, 3.8) is 0 Å². The van der Waals surface area contributed by atoms with Crippen LogP contribution in [0.1, 0.15) is 35.9 Å². The molecule has 25 heavy (non-hydrogen) atoms. The topological polar surface area (TPSA) is 75.1 Å². The molecule has 0 unspecified atom stereocenters. The van der Waals surface area contributed by atoms with E-state index in [2.05, 4.69) is 21.2 Å². The van der Waals surface area contributed by atoms with Crippen LogP contribution in [0, 0.1) is 18.3 Å². The second-order valence-corrected chi connectivity index (χ2v) is 6.85. The zero-order valence-corrected chi connectivity index (χ0v) is 14.5. The summed E-state index contributed by atoms with van der Waals surface area (Å²) in [6.45, 7) is 1.91. The van der Waals surface area contributed by atoms with Crippen molar-refractivity contribution < 1.29 is 9.90 Å². The predicted octanol–water partition coefficient (Wildman–Crippen LogP) is 2.67. The van der Waals surface area contributed by atoms with E-state index in [1.54, 1.807) is 31.2 Å². The van der Waals surface area contributed by atoms with Gasteiger partial charge in [-0.05, 0) is 43.7 Å². The number of carbonyl (C=O) groups is 1. The first-order valence-corrected chi connectivity index (χ1v) is 8.38. The van der Waals surface area contributed by atoms with E-state index in [1.807, 2.05) is 0 Å². The van der Waals surface area contributed by atoms with Crippen LogP contribution in [0.3, 0.4) is 0 Å². The quantitative estimate of drug-likeness (QED) is 0.808. The van der Waals surface area contributed by atoms with Gasteiger partial charge >= 0.3 is 0 Å². The Morgan fingerprint density at radius 1 is 1.44 bits per heavy atom. The highest BCUT2D eigenvalue weighted by atomic mass is 35.5. The van der Waals surface area contributed by atoms with Gasteiger partial charge in [0.25, 0.3) is 5.91 Å². The van der Waals surface area contributed by atoms with Crippen LogP contribution in [0.25, 0.3) is 11.3 Å². The molecule has 1 heterocycles. The van der Waals surface area contributed by atoms with Gasteiger partial charge in [0.15, 0.2) is 0 Å². The Morgan fingerprint density at radius 2 is 2.12 bits per heavy atom. The third-order valence-corrected chi connectivity index (χ3v) is 4.58. The van der Waals surface area contributed by atoms with Crippen molar-refractivity contribution in [2.24, 2.45) is 5.92 Å². The third kappa shape index (κ3) is 3.98. The number of halogens is 1. The monoisotopic (exact) mass is 355 g/mol. The molecule has 0 bridgehead atoms. The summed E-state index contributed by atoms with van der Waals surface area (Å²) in [5, 5.41) is 13.6. The minimum atomic E-state index is -0.902. The molecule has 1 atom stereocenters. The molecule has 2 aromatic rings. The molecule has 1 fully saturated rings. The van der Waals surface area contributed by atoms with Crippen LogP contribution in [0.4, 0.5) is 0 Å². The summed E-state index contributed by atoms with van der Waals surface area (Å²) >= 11 is 5.90. The van der Waals surface area contributed by atoms with Crippen LogP contribution in [0.5, 0.6) is 0 Å². The normalized spacial score (nSPS) is 15.9. The van der Waals surface area contributed by atoms with Crippen molar-refractivity contribution in [3.05, 3.63) is 46.9 Å². The fraction of sp³-hybridized carbons (Fsp3) is 0.316. The molecule has 1 aromatic carbocycles. The number of nitrogens with zero attached hydrogens (tertiary/aromatic N) is 2. The lowest BCUT2D eigenvalue weighted by Gasteiger charge is -2.23. The fourth-order valence-electron chi connectivity index (χ4n) is 2.61. The molecule has 0 radical (unpaired) electrons. The smallest absolute Gasteiger partial charge is 0.271 e. The van der Waals surface area contributed by atoms with Gasteiger partial charge in [0.2, 0.25) is 0 Å². The van der Waals surface area contributed by atoms with Crippen molar-refractivity contribution in [3.8, 4) is 23.6 Å². The van der Waals surface area contributed by atoms with Gasteiger partial charge in [-0.25, -0.2) is 9.97 Å². The van der Waals surface area contributed by atoms with Gasteiger partial charge in [-0.3, -0.25) is 4.79 Å². The molecule has 2 N–H and O–H groups in total. The number of nitrogens with one attached hydrogen (secondary N) is 1. The van der Waals surface area contributed by atoms with Gasteiger partial charge in [0.05, 0.1) is 11.8 Å². The highest BCUT2D eigenvalue weighted by molar-refractivity contribution is 6.30. The summed E-state index contributed by atoms with van der Waals surface area (Å²) in [7, 11) is 0. The van der Waals surface area contributed by atoms with Crippen LogP contribution in [0.2, 0.25) is 5.02 Å². The maximum atomic E-state index is 12.4. The standard InChI is InChI=1S/C19H18ClN3O2/c1-3-15-17(12-4-8-14(20)9-5-12)23-16(10-21-15)18(24)22-11-19(2,25)13-6-7-13/h1,4-5,8-10,13,25H,6-7,11H2,2H3,(H,22,24)/t19-/m0/s1. The zero-order valence-electron chi connectivity index (χ0n) is 13.8. The number of carbonyl (C=O) groups excluding carboxylic acids is 1. The lowest BCUT2D eigenvalue weighted by atomic mass is 10.0. The Kier molecular flexibility index (Phi) is 4.76. The van der Waals surface area contributed by atoms with Crippen LogP contribution < -0.4 is 5.32 Å². The van der Waals surface area contributed by atoms with Crippen molar-refractivity contribution in [2.45, 2.75) is 25.4 Å². The second-order valence-electron chi connectivity index (χ2n) is 6.42. The Hall–Kier alpha value is -2.42. The first kappa shape index (κ1) is 17.4. The lowest BCUT2D eigenvalue weighted by Crippen LogP contribution is -2.42. The van der Waals surface area contributed by atoms with E-state index in [0.29, 0.717) is 16.4 Å². The molecular weight excluding hydrogens is 338 g/mol. The molecule has 1 amide bonds. The number of aliphatic hydroxyl groups is 1. The van der Waals surface area contributed by atoms with Gasteiger partial charge in [0.1, 0.15) is 17.1 Å². The van der Waals surface area contributed by atoms with Crippen LogP contribution in [-0.4, -0.2) is 33.1 Å². The molecule has 5 nitrogen and oxygen atoms in total. The van der Waals surface area contributed by atoms with E-state index in [0.717, 1.165) is 18.4 Å². The summed E-state index contributed by atoms with van der Waals surface area (Å²) in [6, 6.07) is 6.98. The van der Waals surface area contributed by atoms with Gasteiger partial charge in [0, 0.05) is 17.1 Å². The van der Waals surface area contributed by atoms with Gasteiger partial charge in [-0.1, -0.05) is 23.7 Å². The molecule has 3 rings (SSSR count). The summed E-state index contributed by atoms with van der Waals surface area (Å²) in [4.78, 5) is 20.9. The molecule has 6 heteroatoms. The van der Waals surface area contributed by atoms with E-state index < -0.39 is 11.5 Å². The number of aromatic nitrogens is 2. The Balaban J connectivity index is 1.82. The molecular formula is C19H18ClN3O2. The fourth-order valence-corrected chi connectivity index (χ4v) is 2.74. The number of benzene rings is 1. The average molecular weight is 356 g/mol. The molecule has 1 aliphatic rings. The van der Waals surface area contributed by atoms with E-state index in [1.165, 1.54) is 6.20 Å². The summed E-state index contributed by atoms with van der Waals surface area (Å²) in [6.07, 6.45) is 8.80. The lowest BCUT2D eigenvalue weighted by molar-refractivity contribution is 0.0353. The van der Waals surface area contributed by atoms with Crippen LogP contribution in [-0.2, 0) is 0 Å². The molecule has 128 valence electrons. The third-order valence-electron chi connectivity index (χ3n) is 4.32. The second kappa shape index (κ2) is 6.83. The Labute approximate surface area is 151 Å². The van der Waals surface area contributed by atoms with Crippen molar-refractivity contribution in [2.75, 3.05) is 6.54 Å². The van der Waals surface area contributed by atoms with E-state index in [4.69, 9.17) is 18.0 Å². The van der Waals surface area contributed by atoms with Crippen LogP contribution in [0.15, 0.2) is 30.5 Å². The highest BCUT2D eigenvalue weighted by Crippen LogP contribution is 2.39. The Morgan fingerprint density at radius 3 is 2.72 bits per heavy atom. The number of terminal acetylenes is 1. The zero-order chi connectivity index (χ0) is 18.0. The molecule has 0 spiro atoms. The van der Waals surface area contributed by atoms with Crippen molar-refractivity contribution in [1.29, 1.82) is 0 Å². The first-order chi connectivity index (χ1) is 11.9. The highest BCUT2D eigenvalue weighted by Gasteiger charge is 2.40. The maximum Gasteiger partial charge on any atom is 0.271 e. The minimum Gasteiger partial charge on any atom is -0.388 e. The molecule has 1 saturated carbocycles. The number of rotatable bonds is 5. The SMILES string of the molecule is C#Cc1ncc(C(=O)NC[C@](C)(O)C2CC2)nc1-c1ccc(Cl)cc1. The molecule has 0 aliphatic heterocycles. The largest absolute Gasteiger partial charge is 0.388 e. The van der Waals surface area contributed by atoms with Crippen LogP contribution >= 0.6 is 11.6 Å². The first-order valence-electron chi connectivity index (χ1n) is 8.01. The number of hydrogen-bond acceptors (Lipinski definition) is 4. The number of hydrogen-bond donors (Lipinski definition) is 2. The van der Waals surface area contributed by atoms with Crippen molar-refractivity contribution in [1.82, 2.24) is 15.3 Å². The number of amides is 1. The van der Waals surface area contributed by atoms with E-state index in [9.17, 15) is 9.90 Å².